The summed E-state index contributed by atoms with van der Waals surface area (Å²) in [6.07, 6.45) is 0.612. The highest BCUT2D eigenvalue weighted by Crippen LogP contribution is 2.47. The van der Waals surface area contributed by atoms with Crippen molar-refractivity contribution in [3.63, 3.8) is 0 Å². The van der Waals surface area contributed by atoms with Crippen LogP contribution in [0.1, 0.15) is 18.4 Å². The van der Waals surface area contributed by atoms with Crippen LogP contribution in [-0.2, 0) is 10.2 Å². The molecule has 2 rings (SSSR count). The summed E-state index contributed by atoms with van der Waals surface area (Å²) in [5.74, 6) is -1.28. The molecular weight excluding hydrogens is 210 g/mol. The average Bonchev–Trinajstić information content (AvgIpc) is 2.12. The van der Waals surface area contributed by atoms with E-state index in [0.29, 0.717) is 18.4 Å². The molecule has 0 aromatic heterocycles. The molecule has 0 saturated heterocycles. The molecule has 1 saturated carbocycles. The molecule has 1 aromatic rings. The molecule has 0 bridgehead atoms. The fraction of sp³-hybridized carbons (Fsp3) is 0.364. The van der Waals surface area contributed by atoms with Crippen LogP contribution < -0.4 is 5.73 Å². The highest BCUT2D eigenvalue weighted by Gasteiger charge is 2.51. The van der Waals surface area contributed by atoms with Crippen LogP contribution in [0.4, 0.5) is 0 Å². The summed E-state index contributed by atoms with van der Waals surface area (Å²) < 4.78 is 0. The lowest BCUT2D eigenvalue weighted by atomic mass is 9.61. The van der Waals surface area contributed by atoms with Crippen LogP contribution in [0, 0.1) is 0 Å². The Hall–Kier alpha value is -1.75. The van der Waals surface area contributed by atoms with Crippen molar-refractivity contribution in [1.29, 1.82) is 0 Å². The van der Waals surface area contributed by atoms with Gasteiger partial charge in [0.15, 0.2) is 0 Å². The number of aromatic hydroxyl groups is 2. The van der Waals surface area contributed by atoms with Gasteiger partial charge in [-0.2, -0.15) is 0 Å². The van der Waals surface area contributed by atoms with Crippen molar-refractivity contribution in [1.82, 2.24) is 0 Å². The summed E-state index contributed by atoms with van der Waals surface area (Å²) >= 11 is 0. The van der Waals surface area contributed by atoms with Gasteiger partial charge >= 0.3 is 5.97 Å². The molecule has 0 heterocycles. The predicted molar refractivity (Wildman–Crippen MR) is 56.3 cm³/mol. The molecule has 0 amide bonds. The second-order valence-corrected chi connectivity index (χ2v) is 4.26. The highest BCUT2D eigenvalue weighted by atomic mass is 16.4. The second kappa shape index (κ2) is 3.38. The average molecular weight is 223 g/mol. The number of rotatable bonds is 2. The topological polar surface area (TPSA) is 104 Å². The molecule has 5 heteroatoms. The van der Waals surface area contributed by atoms with Crippen molar-refractivity contribution >= 4 is 5.97 Å². The zero-order chi connectivity index (χ0) is 11.9. The standard InChI is InChI=1S/C11H13NO4/c12-6-4-11(5-6,10(15)16)8-2-1-7(13)3-9(8)14/h1-3,6,13-14H,4-5,12H2,(H,15,16). The SMILES string of the molecule is NC1CC(C(=O)O)(c2ccc(O)cc2O)C1. The van der Waals surface area contributed by atoms with E-state index in [-0.39, 0.29) is 17.5 Å². The van der Waals surface area contributed by atoms with Crippen molar-refractivity contribution in [2.24, 2.45) is 5.73 Å². The van der Waals surface area contributed by atoms with E-state index in [4.69, 9.17) is 10.8 Å². The lowest BCUT2D eigenvalue weighted by Crippen LogP contribution is -2.54. The van der Waals surface area contributed by atoms with Gasteiger partial charge in [-0.25, -0.2) is 0 Å². The largest absolute Gasteiger partial charge is 0.508 e. The predicted octanol–water partition coefficient (Wildman–Crippen LogP) is 0.541. The third kappa shape index (κ3) is 1.40. The smallest absolute Gasteiger partial charge is 0.314 e. The molecule has 1 aromatic carbocycles. The Morgan fingerprint density at radius 1 is 1.38 bits per heavy atom. The van der Waals surface area contributed by atoms with Gasteiger partial charge in [0.2, 0.25) is 0 Å². The fourth-order valence-corrected chi connectivity index (χ4v) is 2.27. The Labute approximate surface area is 92.1 Å². The van der Waals surface area contributed by atoms with Gasteiger partial charge in [0, 0.05) is 17.7 Å². The lowest BCUT2D eigenvalue weighted by Gasteiger charge is -2.43. The van der Waals surface area contributed by atoms with Crippen molar-refractivity contribution in [3.8, 4) is 11.5 Å². The summed E-state index contributed by atoms with van der Waals surface area (Å²) in [6, 6.07) is 3.79. The Morgan fingerprint density at radius 3 is 2.44 bits per heavy atom. The number of hydrogen-bond acceptors (Lipinski definition) is 4. The summed E-state index contributed by atoms with van der Waals surface area (Å²) in [5, 5.41) is 28.0. The Kier molecular flexibility index (Phi) is 2.27. The number of hydrogen-bond donors (Lipinski definition) is 4. The molecule has 0 atom stereocenters. The van der Waals surface area contributed by atoms with E-state index in [1.165, 1.54) is 12.1 Å². The van der Waals surface area contributed by atoms with Gasteiger partial charge in [0.25, 0.3) is 0 Å². The van der Waals surface area contributed by atoms with Crippen LogP contribution in [0.2, 0.25) is 0 Å². The third-order valence-electron chi connectivity index (χ3n) is 3.13. The number of carbonyl (C=O) groups is 1. The van der Waals surface area contributed by atoms with Gasteiger partial charge in [-0.05, 0) is 18.9 Å². The van der Waals surface area contributed by atoms with Crippen LogP contribution in [0.15, 0.2) is 18.2 Å². The molecule has 5 N–H and O–H groups in total. The zero-order valence-corrected chi connectivity index (χ0v) is 8.55. The van der Waals surface area contributed by atoms with Gasteiger partial charge in [0.1, 0.15) is 11.5 Å². The second-order valence-electron chi connectivity index (χ2n) is 4.26. The van der Waals surface area contributed by atoms with Gasteiger partial charge in [-0.3, -0.25) is 4.79 Å². The lowest BCUT2D eigenvalue weighted by molar-refractivity contribution is -0.148. The molecule has 1 aliphatic carbocycles. The van der Waals surface area contributed by atoms with Crippen LogP contribution in [-0.4, -0.2) is 27.3 Å². The number of carboxylic acids is 1. The summed E-state index contributed by atoms with van der Waals surface area (Å²) in [7, 11) is 0. The fourth-order valence-electron chi connectivity index (χ4n) is 2.27. The van der Waals surface area contributed by atoms with Crippen molar-refractivity contribution < 1.29 is 20.1 Å². The zero-order valence-electron chi connectivity index (χ0n) is 8.55. The Morgan fingerprint density at radius 2 is 2.00 bits per heavy atom. The van der Waals surface area contributed by atoms with Crippen LogP contribution >= 0.6 is 0 Å². The van der Waals surface area contributed by atoms with E-state index in [9.17, 15) is 15.0 Å². The number of nitrogens with two attached hydrogens (primary N) is 1. The first-order chi connectivity index (χ1) is 7.45. The first kappa shape index (κ1) is 10.8. The maximum Gasteiger partial charge on any atom is 0.314 e. The minimum Gasteiger partial charge on any atom is -0.508 e. The molecule has 86 valence electrons. The Bertz CT molecular complexity index is 438. The highest BCUT2D eigenvalue weighted by molar-refractivity contribution is 5.84. The molecule has 0 unspecified atom stereocenters. The minimum atomic E-state index is -1.10. The van der Waals surface area contributed by atoms with Gasteiger partial charge in [-0.15, -0.1) is 0 Å². The number of phenols is 2. The number of carboxylic acid groups (broad SMARTS) is 1. The van der Waals surface area contributed by atoms with E-state index in [0.717, 1.165) is 6.07 Å². The molecule has 1 aliphatic rings. The normalized spacial score (nSPS) is 28.4. The maximum absolute atomic E-state index is 11.3. The van der Waals surface area contributed by atoms with E-state index >= 15 is 0 Å². The number of phenolic OH excluding ortho intramolecular Hbond substituents is 2. The van der Waals surface area contributed by atoms with Gasteiger partial charge in [0.05, 0.1) is 5.41 Å². The van der Waals surface area contributed by atoms with E-state index < -0.39 is 11.4 Å². The monoisotopic (exact) mass is 223 g/mol. The Balaban J connectivity index is 2.45. The summed E-state index contributed by atoms with van der Waals surface area (Å²) in [6.45, 7) is 0. The van der Waals surface area contributed by atoms with E-state index in [1.807, 2.05) is 0 Å². The molecular formula is C11H13NO4. The molecule has 5 nitrogen and oxygen atoms in total. The van der Waals surface area contributed by atoms with Crippen LogP contribution in [0.25, 0.3) is 0 Å². The third-order valence-corrected chi connectivity index (χ3v) is 3.13. The van der Waals surface area contributed by atoms with Crippen LogP contribution in [0.3, 0.4) is 0 Å². The first-order valence-corrected chi connectivity index (χ1v) is 4.97. The molecule has 0 spiro atoms. The number of aliphatic carboxylic acids is 1. The molecule has 0 aliphatic heterocycles. The maximum atomic E-state index is 11.3. The molecule has 1 fully saturated rings. The van der Waals surface area contributed by atoms with Crippen LogP contribution in [0.5, 0.6) is 11.5 Å². The van der Waals surface area contributed by atoms with E-state index in [2.05, 4.69) is 0 Å². The van der Waals surface area contributed by atoms with Crippen molar-refractivity contribution in [2.75, 3.05) is 0 Å². The van der Waals surface area contributed by atoms with Gasteiger partial charge in [-0.1, -0.05) is 6.07 Å². The van der Waals surface area contributed by atoms with E-state index in [1.54, 1.807) is 0 Å². The molecule has 16 heavy (non-hydrogen) atoms. The van der Waals surface area contributed by atoms with Crippen molar-refractivity contribution in [2.45, 2.75) is 24.3 Å². The van der Waals surface area contributed by atoms with Gasteiger partial charge < -0.3 is 21.1 Å². The summed E-state index contributed by atoms with van der Waals surface area (Å²) in [5.41, 5.74) is 4.83. The first-order valence-electron chi connectivity index (χ1n) is 4.97. The minimum absolute atomic E-state index is 0.0922. The summed E-state index contributed by atoms with van der Waals surface area (Å²) in [4.78, 5) is 11.3. The number of benzene rings is 1. The van der Waals surface area contributed by atoms with Crippen molar-refractivity contribution in [3.05, 3.63) is 23.8 Å². The molecule has 0 radical (unpaired) electrons. The quantitative estimate of drug-likeness (QED) is 0.586.